The van der Waals surface area contributed by atoms with Gasteiger partial charge in [-0.15, -0.1) is 0 Å². The Bertz CT molecular complexity index is 2900. The van der Waals surface area contributed by atoms with E-state index in [9.17, 15) is 24.6 Å². The average molecular weight is 1110 g/mol. The lowest BCUT2D eigenvalue weighted by molar-refractivity contribution is 0.00578. The van der Waals surface area contributed by atoms with Crippen molar-refractivity contribution in [1.82, 2.24) is 29.8 Å². The summed E-state index contributed by atoms with van der Waals surface area (Å²) in [7, 11) is 2.67. The Balaban J connectivity index is 0.000000186. The number of H-pyrrole nitrogens is 1. The molecule has 3 fully saturated rings. The van der Waals surface area contributed by atoms with Crippen LogP contribution < -0.4 is 24.7 Å². The van der Waals surface area contributed by atoms with Crippen LogP contribution in [0.15, 0.2) is 126 Å². The van der Waals surface area contributed by atoms with Gasteiger partial charge in [0.05, 0.1) is 55.9 Å². The molecule has 9 rings (SSSR count). The summed E-state index contributed by atoms with van der Waals surface area (Å²) >= 11 is 3.41. The van der Waals surface area contributed by atoms with Gasteiger partial charge in [-0.3, -0.25) is 14.9 Å². The summed E-state index contributed by atoms with van der Waals surface area (Å²) in [6, 6.07) is 30.2. The molecule has 0 saturated carbocycles. The Hall–Kier alpha value is -6.71. The Morgan fingerprint density at radius 3 is 1.61 bits per heavy atom. The van der Waals surface area contributed by atoms with Crippen molar-refractivity contribution in [2.75, 3.05) is 63.4 Å². The molecule has 0 spiro atoms. The minimum atomic E-state index is -0.836. The number of methoxy groups -OCH3 is 2. The Morgan fingerprint density at radius 2 is 1.18 bits per heavy atom. The number of anilines is 2. The largest absolute Gasteiger partial charge is 0.498 e. The quantitative estimate of drug-likeness (QED) is 0.0984. The van der Waals surface area contributed by atoms with Crippen LogP contribution in [0.1, 0.15) is 80.9 Å². The lowest BCUT2D eigenvalue weighted by atomic mass is 9.82. The van der Waals surface area contributed by atoms with Crippen molar-refractivity contribution >= 4 is 58.0 Å². The van der Waals surface area contributed by atoms with Crippen molar-refractivity contribution in [3.05, 3.63) is 137 Å². The number of amides is 4. The van der Waals surface area contributed by atoms with Gasteiger partial charge in [0.15, 0.2) is 0 Å². The number of carbonyl (C=O) groups is 3. The van der Waals surface area contributed by atoms with Gasteiger partial charge >= 0.3 is 25.3 Å². The summed E-state index contributed by atoms with van der Waals surface area (Å²) < 4.78 is 29.8. The molecule has 3 aliphatic rings. The predicted octanol–water partition coefficient (Wildman–Crippen LogP) is 9.44. The smallest absolute Gasteiger partial charge is 0.497 e. The molecule has 3 saturated heterocycles. The number of benzene rings is 4. The van der Waals surface area contributed by atoms with Crippen LogP contribution in [0.2, 0.25) is 0 Å². The fourth-order valence-electron chi connectivity index (χ4n) is 8.76. The summed E-state index contributed by atoms with van der Waals surface area (Å²) in [4.78, 5) is 45.1. The van der Waals surface area contributed by atoms with E-state index in [1.54, 1.807) is 52.4 Å². The number of carbonyl (C=O) groups excluding carboxylic acids is 3. The molecule has 4 amide bonds. The van der Waals surface area contributed by atoms with Crippen LogP contribution in [-0.2, 0) is 25.1 Å². The molecule has 5 heterocycles. The minimum absolute atomic E-state index is 0. The topological polar surface area (TPSA) is 197 Å². The second kappa shape index (κ2) is 23.7. The summed E-state index contributed by atoms with van der Waals surface area (Å²) in [6.07, 6.45) is 6.21. The van der Waals surface area contributed by atoms with E-state index in [4.69, 9.17) is 23.5 Å². The van der Waals surface area contributed by atoms with E-state index in [0.717, 1.165) is 42.8 Å². The molecule has 4 aromatic carbocycles. The second-order valence-corrected chi connectivity index (χ2v) is 21.7. The summed E-state index contributed by atoms with van der Waals surface area (Å²) in [5.74, 6) is 1.40. The molecule has 2 atom stereocenters. The van der Waals surface area contributed by atoms with Crippen molar-refractivity contribution in [1.29, 1.82) is 0 Å². The number of aromatic nitrogens is 4. The van der Waals surface area contributed by atoms with E-state index < -0.39 is 41.1 Å². The number of halogens is 1. The third-order valence-electron chi connectivity index (χ3n) is 14.1. The first-order valence-electron chi connectivity index (χ1n) is 24.6. The molecule has 3 N–H and O–H groups in total. The lowest BCUT2D eigenvalue weighted by Crippen LogP contribution is -2.49. The molecule has 6 aromatic rings. The van der Waals surface area contributed by atoms with Crippen LogP contribution in [0.5, 0.6) is 11.5 Å². The second-order valence-electron chi connectivity index (χ2n) is 20.8. The van der Waals surface area contributed by atoms with Gasteiger partial charge in [0.2, 0.25) is 0 Å². The molecular weight excluding hydrogens is 1040 g/mol. The van der Waals surface area contributed by atoms with Gasteiger partial charge in [-0.25, -0.2) is 14.4 Å². The maximum Gasteiger partial charge on any atom is 0.498 e. The van der Waals surface area contributed by atoms with E-state index in [-0.39, 0.29) is 32.7 Å². The number of hydrogen-bond acceptors (Lipinski definition) is 12. The van der Waals surface area contributed by atoms with Gasteiger partial charge in [-0.1, -0.05) is 59.8 Å². The van der Waals surface area contributed by atoms with E-state index in [1.807, 2.05) is 166 Å². The number of hydrogen-bond donors (Lipinski definition) is 3. The Labute approximate surface area is 455 Å². The summed E-state index contributed by atoms with van der Waals surface area (Å²) in [6.45, 7) is 19.0. The molecule has 2 aromatic heterocycles. The number of urea groups is 2. The number of aliphatic hydroxyl groups is 2. The Morgan fingerprint density at radius 1 is 0.711 bits per heavy atom. The highest BCUT2D eigenvalue weighted by atomic mass is 79.9. The molecule has 0 bridgehead atoms. The molecule has 0 aliphatic carbocycles. The molecule has 0 radical (unpaired) electrons. The van der Waals surface area contributed by atoms with Gasteiger partial charge in [0.1, 0.15) is 17.1 Å². The first-order chi connectivity index (χ1) is 35.5. The third-order valence-corrected chi connectivity index (χ3v) is 14.6. The van der Waals surface area contributed by atoms with Gasteiger partial charge in [0, 0.05) is 71.6 Å². The predicted molar refractivity (Wildman–Crippen MR) is 298 cm³/mol. The number of nitrogens with one attached hydrogen (secondary N) is 1. The first-order valence-corrected chi connectivity index (χ1v) is 25.4. The number of rotatable bonds is 12. The molecule has 3 aliphatic heterocycles. The molecular formula is C56H72BBrN8O10. The van der Waals surface area contributed by atoms with Crippen molar-refractivity contribution in [2.45, 2.75) is 97.6 Å². The van der Waals surface area contributed by atoms with E-state index in [1.165, 1.54) is 0 Å². The van der Waals surface area contributed by atoms with Crippen molar-refractivity contribution in [3.63, 3.8) is 0 Å². The van der Waals surface area contributed by atoms with Crippen molar-refractivity contribution < 1.29 is 48.1 Å². The van der Waals surface area contributed by atoms with Gasteiger partial charge in [-0.05, 0) is 140 Å². The number of aromatic amines is 1. The van der Waals surface area contributed by atoms with Crippen LogP contribution in [0, 0.1) is 0 Å². The third kappa shape index (κ3) is 12.6. The molecule has 2 unspecified atom stereocenters. The van der Waals surface area contributed by atoms with Crippen LogP contribution in [-0.4, -0.2) is 136 Å². The monoisotopic (exact) mass is 1110 g/mol. The van der Waals surface area contributed by atoms with E-state index >= 15 is 0 Å². The average Bonchev–Trinajstić information content (AvgIpc) is 4.26. The van der Waals surface area contributed by atoms with Crippen LogP contribution in [0.4, 0.5) is 25.8 Å². The number of aliphatic hydroxyl groups excluding tert-OH is 2. The highest BCUT2D eigenvalue weighted by molar-refractivity contribution is 9.10. The number of nitrogens with zero attached hydrogens (tertiary/aromatic N) is 7. The molecule has 20 heteroatoms. The fourth-order valence-corrected chi connectivity index (χ4v) is 9.02. The van der Waals surface area contributed by atoms with Crippen molar-refractivity contribution in [3.8, 4) is 22.6 Å². The maximum atomic E-state index is 13.2. The van der Waals surface area contributed by atoms with Gasteiger partial charge in [0.25, 0.3) is 0 Å². The minimum Gasteiger partial charge on any atom is -0.497 e. The summed E-state index contributed by atoms with van der Waals surface area (Å²) in [5, 5.41) is 31.1. The highest BCUT2D eigenvalue weighted by Gasteiger charge is 2.52. The zero-order valence-corrected chi connectivity index (χ0v) is 46.1. The fraction of sp³-hybridized carbons (Fsp3) is 0.411. The van der Waals surface area contributed by atoms with Gasteiger partial charge < -0.3 is 43.5 Å². The zero-order valence-electron chi connectivity index (χ0n) is 44.5. The van der Waals surface area contributed by atoms with Gasteiger partial charge in [-0.2, -0.15) is 14.9 Å². The van der Waals surface area contributed by atoms with E-state index in [2.05, 4.69) is 31.2 Å². The number of ether oxygens (including phenoxy) is 3. The standard InChI is InChI=1S/C22H24N4O3.C19H21BrN2O3.C14H23BN2O4.CH4/c1-22(15-27,18-4-3-5-20(12-18)29-2)26-11-10-25(21(26)28)19-8-6-16(7-9-19)17-13-23-24-14-17;1-19(13-23,14-4-3-5-17(12-14)25-2)22-11-10-21(18(22)24)16-8-6-15(20)7-9-16;1-12(2,3)19-11(18)17-9-10(8-16-17)15-20-13(4,5)14(6,7)21-15;/h3-9,12-14,27H,10-11,15H2,1-2H3,(H,23,24);3-9,12,23H,10-11,13H2,1-2H3;8-9H,1-7H3;1H4. The SMILES string of the molecule is C.CC(C)(C)OC(=O)n1cc(B2OC(C)(C)C(C)(C)O2)cn1.COc1cccc(C(C)(CO)N2CCN(c3ccc(-c4cn[nH]c4)cc3)C2=O)c1.COc1cccc(C(C)(CO)N2CCN(c3ccc(Br)cc3)C2=O)c1. The first kappa shape index (κ1) is 58.6. The zero-order chi connectivity index (χ0) is 54.5. The van der Waals surface area contributed by atoms with Crippen LogP contribution in [0.3, 0.4) is 0 Å². The Kier molecular flexibility index (Phi) is 18.2. The van der Waals surface area contributed by atoms with Crippen LogP contribution in [0.25, 0.3) is 11.1 Å². The van der Waals surface area contributed by atoms with Crippen molar-refractivity contribution in [2.24, 2.45) is 0 Å². The lowest BCUT2D eigenvalue weighted by Gasteiger charge is -2.37. The molecule has 76 heavy (non-hydrogen) atoms. The normalized spacial score (nSPS) is 17.4. The highest BCUT2D eigenvalue weighted by Crippen LogP contribution is 2.38. The van der Waals surface area contributed by atoms with Crippen LogP contribution >= 0.6 is 15.9 Å². The molecule has 18 nitrogen and oxygen atoms in total. The molecule has 406 valence electrons. The van der Waals surface area contributed by atoms with E-state index in [0.29, 0.717) is 43.1 Å². The maximum absolute atomic E-state index is 13.2. The summed E-state index contributed by atoms with van der Waals surface area (Å²) in [5.41, 5.74) is 3.03.